The van der Waals surface area contributed by atoms with Gasteiger partial charge in [0.05, 0.1) is 0 Å². The van der Waals surface area contributed by atoms with Crippen molar-refractivity contribution in [1.82, 2.24) is 0 Å². The van der Waals surface area contributed by atoms with E-state index in [1.54, 1.807) is 17.6 Å². The molecule has 4 aromatic carbocycles. The topological polar surface area (TPSA) is 0 Å². The molecule has 6 rings (SSSR count). The molecule has 0 nitrogen and oxygen atoms in total. The van der Waals surface area contributed by atoms with Crippen LogP contribution in [0.1, 0.15) is 71.6 Å². The first-order valence-corrected chi connectivity index (χ1v) is 19.0. The van der Waals surface area contributed by atoms with E-state index in [0.29, 0.717) is 15.5 Å². The number of hydrogen-bond donors (Lipinski definition) is 0. The van der Waals surface area contributed by atoms with E-state index < -0.39 is 21.3 Å². The molecule has 3 heteroatoms. The van der Waals surface area contributed by atoms with Crippen molar-refractivity contribution in [3.8, 4) is 11.1 Å². The van der Waals surface area contributed by atoms with Crippen molar-refractivity contribution >= 4 is 3.21 Å². The zero-order chi connectivity index (χ0) is 28.9. The summed E-state index contributed by atoms with van der Waals surface area (Å²) in [6.45, 7) is 16.5. The second-order valence-electron chi connectivity index (χ2n) is 13.4. The minimum absolute atomic E-state index is 0. The molecular weight excluding hydrogens is 643 g/mol. The van der Waals surface area contributed by atoms with Gasteiger partial charge < -0.3 is 24.8 Å². The van der Waals surface area contributed by atoms with E-state index in [9.17, 15) is 0 Å². The smallest absolute Gasteiger partial charge is 1.00 e. The molecule has 1 unspecified atom stereocenters. The third-order valence-electron chi connectivity index (χ3n) is 8.93. The Morgan fingerprint density at radius 1 is 0.674 bits per heavy atom. The summed E-state index contributed by atoms with van der Waals surface area (Å²) in [4.78, 5) is 0. The fourth-order valence-electron chi connectivity index (χ4n) is 6.82. The van der Waals surface area contributed by atoms with E-state index in [0.717, 1.165) is 0 Å². The van der Waals surface area contributed by atoms with E-state index in [1.807, 2.05) is 0 Å². The first-order valence-electron chi connectivity index (χ1n) is 15.1. The van der Waals surface area contributed by atoms with Crippen LogP contribution in [0.15, 0.2) is 118 Å². The molecule has 0 heterocycles. The van der Waals surface area contributed by atoms with E-state index in [2.05, 4.69) is 158 Å². The Kier molecular flexibility index (Phi) is 10.4. The zero-order valence-electron chi connectivity index (χ0n) is 26.4. The van der Waals surface area contributed by atoms with Gasteiger partial charge in [-0.3, -0.25) is 0 Å². The van der Waals surface area contributed by atoms with Crippen molar-refractivity contribution in [3.63, 3.8) is 0 Å². The van der Waals surface area contributed by atoms with E-state index in [-0.39, 0.29) is 30.2 Å². The van der Waals surface area contributed by atoms with Gasteiger partial charge in [0.2, 0.25) is 0 Å². The summed E-state index contributed by atoms with van der Waals surface area (Å²) >= 11 is -2.80. The van der Waals surface area contributed by atoms with Crippen molar-refractivity contribution in [2.24, 2.45) is 17.3 Å². The minimum Gasteiger partial charge on any atom is -1.00 e. The van der Waals surface area contributed by atoms with Crippen molar-refractivity contribution in [2.75, 3.05) is 0 Å². The van der Waals surface area contributed by atoms with Gasteiger partial charge in [0.1, 0.15) is 0 Å². The summed E-state index contributed by atoms with van der Waals surface area (Å²) in [5.74, 6) is 1.03. The fourth-order valence-corrected chi connectivity index (χ4v) is 16.8. The zero-order valence-corrected chi connectivity index (χ0v) is 30.4. The molecule has 0 spiro atoms. The molecular formula is C40H42Cl2Zr. The third kappa shape index (κ3) is 6.42. The number of allylic oxidation sites excluding steroid dienone is 4. The molecule has 43 heavy (non-hydrogen) atoms. The van der Waals surface area contributed by atoms with Gasteiger partial charge in [-0.2, -0.15) is 0 Å². The predicted molar refractivity (Wildman–Crippen MR) is 173 cm³/mol. The Morgan fingerprint density at radius 3 is 1.56 bits per heavy atom. The predicted octanol–water partition coefficient (Wildman–Crippen LogP) is 4.41. The standard InChI is InChI=1S/C15H13.C13H10.C12H19.2ClH.Zr/c1-10-3-5-14-12(7-10)9-13-8-11(2)4-6-15(13)14;1-3-7-12(8-4-1)11-13-9-5-2-6-10-13;1-9(2)10-6-7-11(8-10)12(3,4)5;;;/h3-9H,1-2H3;1-10H;7-10H,1-5H3;2*1H;/q;;;;;+2/p-2. The minimum atomic E-state index is -2.80. The van der Waals surface area contributed by atoms with Gasteiger partial charge in [-0.15, -0.1) is 0 Å². The second kappa shape index (κ2) is 13.4. The van der Waals surface area contributed by atoms with Gasteiger partial charge in [-0.1, -0.05) is 0 Å². The number of fused-ring (bicyclic) bond motifs is 3. The summed E-state index contributed by atoms with van der Waals surface area (Å²) in [5.41, 5.74) is 13.1. The summed E-state index contributed by atoms with van der Waals surface area (Å²) in [7, 11) is 0. The van der Waals surface area contributed by atoms with Crippen LogP contribution in [0.5, 0.6) is 0 Å². The van der Waals surface area contributed by atoms with Crippen LogP contribution in [0.2, 0.25) is 0 Å². The number of hydrogen-bond acceptors (Lipinski definition) is 0. The Morgan fingerprint density at radius 2 is 1.14 bits per heavy atom. The van der Waals surface area contributed by atoms with Crippen molar-refractivity contribution in [3.05, 3.63) is 151 Å². The molecule has 2 aliphatic rings. The molecule has 220 valence electrons. The van der Waals surface area contributed by atoms with Crippen molar-refractivity contribution in [1.29, 1.82) is 0 Å². The van der Waals surface area contributed by atoms with Crippen LogP contribution in [0.25, 0.3) is 11.1 Å². The first kappa shape index (κ1) is 33.6. The van der Waals surface area contributed by atoms with Gasteiger partial charge in [0.15, 0.2) is 0 Å². The Labute approximate surface area is 279 Å². The molecule has 4 aromatic rings. The Hall–Kier alpha value is -2.31. The van der Waals surface area contributed by atoms with E-state index in [1.165, 1.54) is 39.0 Å². The Balaban J connectivity index is 0.00000212. The maximum Gasteiger partial charge on any atom is -1.00 e. The normalized spacial score (nSPS) is 15.4. The van der Waals surface area contributed by atoms with Gasteiger partial charge in [-0.05, 0) is 0 Å². The van der Waals surface area contributed by atoms with Crippen molar-refractivity contribution < 1.29 is 46.1 Å². The van der Waals surface area contributed by atoms with Crippen LogP contribution in [0, 0.1) is 31.1 Å². The van der Waals surface area contributed by atoms with Crippen LogP contribution in [-0.4, -0.2) is 3.21 Å². The maximum atomic E-state index is 2.68. The number of halogens is 2. The van der Waals surface area contributed by atoms with Gasteiger partial charge in [-0.25, -0.2) is 0 Å². The molecule has 0 N–H and O–H groups in total. The average molecular weight is 685 g/mol. The molecule has 0 aliphatic heterocycles. The average Bonchev–Trinajstić information content (AvgIpc) is 3.53. The SMILES string of the molecule is Cc1ccc2c(c1)[CH]([Zr+2]([C]1=CC(C(C)(C)C)=CC1C(C)C)=[C](c1ccccc1)c1ccccc1)c1cc(C)ccc1-2.[Cl-].[Cl-]. The van der Waals surface area contributed by atoms with Gasteiger partial charge >= 0.3 is 256 Å². The molecule has 0 amide bonds. The molecule has 0 aromatic heterocycles. The first-order chi connectivity index (χ1) is 19.6. The van der Waals surface area contributed by atoms with Crippen LogP contribution in [0.4, 0.5) is 0 Å². The summed E-state index contributed by atoms with van der Waals surface area (Å²) < 4.78 is 3.81. The molecule has 0 fully saturated rings. The van der Waals surface area contributed by atoms with Crippen molar-refractivity contribution in [2.45, 2.75) is 52.1 Å². The van der Waals surface area contributed by atoms with Gasteiger partial charge in [0.25, 0.3) is 0 Å². The fraction of sp³-hybridized carbons (Fsp3) is 0.275. The van der Waals surface area contributed by atoms with E-state index >= 15 is 0 Å². The Bertz CT molecular complexity index is 1610. The monoisotopic (exact) mass is 682 g/mol. The van der Waals surface area contributed by atoms with Crippen LogP contribution in [0.3, 0.4) is 0 Å². The number of rotatable bonds is 5. The summed E-state index contributed by atoms with van der Waals surface area (Å²) in [6.07, 6.45) is 5.31. The molecule has 0 saturated carbocycles. The maximum absolute atomic E-state index is 2.80. The molecule has 1 atom stereocenters. The molecule has 0 radical (unpaired) electrons. The molecule has 0 bridgehead atoms. The third-order valence-corrected chi connectivity index (χ3v) is 17.3. The van der Waals surface area contributed by atoms with Crippen LogP contribution in [-0.2, 0) is 21.3 Å². The number of benzene rings is 4. The van der Waals surface area contributed by atoms with Crippen LogP contribution < -0.4 is 24.8 Å². The summed E-state index contributed by atoms with van der Waals surface area (Å²) in [6, 6.07) is 37.1. The van der Waals surface area contributed by atoms with Crippen LogP contribution >= 0.6 is 0 Å². The number of aryl methyl sites for hydroxylation is 2. The molecule has 0 saturated heterocycles. The second-order valence-corrected chi connectivity index (χ2v) is 19.5. The largest absolute Gasteiger partial charge is 1.00 e. The summed E-state index contributed by atoms with van der Waals surface area (Å²) in [5, 5.41) is 0. The van der Waals surface area contributed by atoms with Gasteiger partial charge in [0, 0.05) is 0 Å². The van der Waals surface area contributed by atoms with E-state index in [4.69, 9.17) is 0 Å². The quantitative estimate of drug-likeness (QED) is 0.293. The molecule has 2 aliphatic carbocycles.